The van der Waals surface area contributed by atoms with Crippen LogP contribution >= 0.6 is 0 Å². The van der Waals surface area contributed by atoms with Crippen LogP contribution in [0.15, 0.2) is 77.7 Å². The van der Waals surface area contributed by atoms with Gasteiger partial charge in [-0.2, -0.15) is 4.72 Å². The molecule has 4 rings (SSSR count). The predicted octanol–water partition coefficient (Wildman–Crippen LogP) is 4.08. The number of rotatable bonds is 14. The van der Waals surface area contributed by atoms with Crippen LogP contribution in [0.5, 0.6) is 5.75 Å². The summed E-state index contributed by atoms with van der Waals surface area (Å²) in [5.41, 5.74) is 8.44. The number of sulfonamides is 1. The van der Waals surface area contributed by atoms with E-state index < -0.39 is 16.1 Å². The van der Waals surface area contributed by atoms with Crippen LogP contribution in [0.2, 0.25) is 0 Å². The average Bonchev–Trinajstić information content (AvgIpc) is 3.05. The summed E-state index contributed by atoms with van der Waals surface area (Å²) in [5.74, 6) is 0.765. The normalized spacial score (nSPS) is 14.5. The topological polar surface area (TPSA) is 155 Å². The molecule has 0 unspecified atom stereocenters. The van der Waals surface area contributed by atoms with Gasteiger partial charge >= 0.3 is 0 Å². The zero-order chi connectivity index (χ0) is 32.4. The maximum atomic E-state index is 13.9. The molecule has 5 N–H and O–H groups in total. The average molecular weight is 634 g/mol. The van der Waals surface area contributed by atoms with Gasteiger partial charge in [0.15, 0.2) is 0 Å². The van der Waals surface area contributed by atoms with Crippen molar-refractivity contribution < 1.29 is 22.7 Å². The standard InChI is InChI=1S/C34H43N5O5S/c1-3-44-29-15-13-26(14-16-29)27-9-6-11-30(23-27)45(42,43)38-31(22-25-8-4-10-28(21-25)33(35)36)34(41)39-19-17-24(18-20-39)7-5-12-32(40)37-2/h4,6,8-11,13-16,21,23-24,31,38H,3,5,7,12,17-20,22H2,1-2H3,(H3,35,36)(H,37,40)/t31-/m1/s1. The summed E-state index contributed by atoms with van der Waals surface area (Å²) in [6.07, 6.45) is 3.88. The van der Waals surface area contributed by atoms with Crippen LogP contribution in [-0.4, -0.2) is 63.8 Å². The van der Waals surface area contributed by atoms with E-state index in [1.165, 1.54) is 6.07 Å². The zero-order valence-corrected chi connectivity index (χ0v) is 26.7. The lowest BCUT2D eigenvalue weighted by molar-refractivity contribution is -0.134. The fraction of sp³-hybridized carbons (Fsp3) is 0.382. The number of nitrogens with two attached hydrogens (primary N) is 1. The van der Waals surface area contributed by atoms with Crippen LogP contribution < -0.4 is 20.5 Å². The van der Waals surface area contributed by atoms with E-state index >= 15 is 0 Å². The number of carbonyl (C=O) groups is 2. The molecule has 1 heterocycles. The smallest absolute Gasteiger partial charge is 0.241 e. The molecule has 0 saturated carbocycles. The van der Waals surface area contributed by atoms with Crippen LogP contribution in [0.25, 0.3) is 11.1 Å². The Morgan fingerprint density at radius 2 is 1.73 bits per heavy atom. The molecular weight excluding hydrogens is 590 g/mol. The second-order valence-corrected chi connectivity index (χ2v) is 13.0. The molecule has 1 fully saturated rings. The highest BCUT2D eigenvalue weighted by molar-refractivity contribution is 7.89. The minimum Gasteiger partial charge on any atom is -0.494 e. The number of piperidine rings is 1. The van der Waals surface area contributed by atoms with Crippen LogP contribution in [0.3, 0.4) is 0 Å². The lowest BCUT2D eigenvalue weighted by Gasteiger charge is -2.34. The van der Waals surface area contributed by atoms with Gasteiger partial charge in [-0.1, -0.05) is 42.5 Å². The van der Waals surface area contributed by atoms with Crippen molar-refractivity contribution in [3.63, 3.8) is 0 Å². The molecule has 11 heteroatoms. The number of nitrogens with zero attached hydrogens (tertiary/aromatic N) is 1. The van der Waals surface area contributed by atoms with Gasteiger partial charge in [0.05, 0.1) is 11.5 Å². The third-order valence-electron chi connectivity index (χ3n) is 8.14. The van der Waals surface area contributed by atoms with Gasteiger partial charge < -0.3 is 20.7 Å². The van der Waals surface area contributed by atoms with Crippen LogP contribution in [-0.2, 0) is 26.0 Å². The molecule has 1 aliphatic rings. The van der Waals surface area contributed by atoms with Gasteiger partial charge in [0.2, 0.25) is 21.8 Å². The Hall–Kier alpha value is -4.22. The first kappa shape index (κ1) is 33.7. The molecule has 240 valence electrons. The van der Waals surface area contributed by atoms with Crippen molar-refractivity contribution in [2.24, 2.45) is 11.7 Å². The Kier molecular flexibility index (Phi) is 11.7. The molecule has 0 aromatic heterocycles. The second kappa shape index (κ2) is 15.7. The highest BCUT2D eigenvalue weighted by Gasteiger charge is 2.32. The number of carbonyl (C=O) groups excluding carboxylic acids is 2. The van der Waals surface area contributed by atoms with E-state index in [-0.39, 0.29) is 29.0 Å². The summed E-state index contributed by atoms with van der Waals surface area (Å²) in [6.45, 7) is 3.49. The minimum absolute atomic E-state index is 0.0246. The fourth-order valence-electron chi connectivity index (χ4n) is 5.63. The Labute approximate surface area is 265 Å². The lowest BCUT2D eigenvalue weighted by Crippen LogP contribution is -2.51. The first-order chi connectivity index (χ1) is 21.6. The summed E-state index contributed by atoms with van der Waals surface area (Å²) in [5, 5.41) is 10.4. The van der Waals surface area contributed by atoms with Crippen molar-refractivity contribution in [1.29, 1.82) is 5.41 Å². The van der Waals surface area contributed by atoms with Gasteiger partial charge in [0.25, 0.3) is 0 Å². The van der Waals surface area contributed by atoms with Crippen molar-refractivity contribution in [3.05, 3.63) is 83.9 Å². The molecule has 0 radical (unpaired) electrons. The van der Waals surface area contributed by atoms with E-state index in [9.17, 15) is 18.0 Å². The third kappa shape index (κ3) is 9.39. The second-order valence-electron chi connectivity index (χ2n) is 11.3. The number of amides is 2. The van der Waals surface area contributed by atoms with Crippen LogP contribution in [0, 0.1) is 11.3 Å². The van der Waals surface area contributed by atoms with Gasteiger partial charge in [0, 0.05) is 32.1 Å². The summed E-state index contributed by atoms with van der Waals surface area (Å²) >= 11 is 0. The van der Waals surface area contributed by atoms with E-state index in [0.29, 0.717) is 43.2 Å². The zero-order valence-electron chi connectivity index (χ0n) is 25.9. The van der Waals surface area contributed by atoms with Gasteiger partial charge in [-0.3, -0.25) is 15.0 Å². The number of hydrogen-bond acceptors (Lipinski definition) is 6. The summed E-state index contributed by atoms with van der Waals surface area (Å²) < 4.78 is 35.8. The summed E-state index contributed by atoms with van der Waals surface area (Å²) in [4.78, 5) is 27.3. The van der Waals surface area contributed by atoms with E-state index in [1.54, 1.807) is 48.3 Å². The molecule has 45 heavy (non-hydrogen) atoms. The molecule has 10 nitrogen and oxygen atoms in total. The quantitative estimate of drug-likeness (QED) is 0.155. The monoisotopic (exact) mass is 633 g/mol. The van der Waals surface area contributed by atoms with E-state index in [2.05, 4.69) is 10.0 Å². The molecule has 1 aliphatic heterocycles. The largest absolute Gasteiger partial charge is 0.494 e. The Balaban J connectivity index is 1.53. The van der Waals surface area contributed by atoms with Crippen molar-refractivity contribution in [1.82, 2.24) is 14.9 Å². The Morgan fingerprint density at radius 3 is 2.40 bits per heavy atom. The molecule has 0 bridgehead atoms. The fourth-order valence-corrected chi connectivity index (χ4v) is 6.86. The van der Waals surface area contributed by atoms with Crippen LogP contribution in [0.4, 0.5) is 0 Å². The molecule has 3 aromatic rings. The first-order valence-corrected chi connectivity index (χ1v) is 16.9. The lowest BCUT2D eigenvalue weighted by atomic mass is 9.91. The molecular formula is C34H43N5O5S. The van der Waals surface area contributed by atoms with Crippen molar-refractivity contribution in [3.8, 4) is 16.9 Å². The van der Waals surface area contributed by atoms with Crippen molar-refractivity contribution >= 4 is 27.7 Å². The Bertz CT molecular complexity index is 1580. The van der Waals surface area contributed by atoms with Gasteiger partial charge in [-0.25, -0.2) is 8.42 Å². The molecule has 3 aromatic carbocycles. The minimum atomic E-state index is -4.10. The number of nitrogens with one attached hydrogen (secondary N) is 3. The summed E-state index contributed by atoms with van der Waals surface area (Å²) in [7, 11) is -2.47. The first-order valence-electron chi connectivity index (χ1n) is 15.4. The maximum absolute atomic E-state index is 13.9. The SMILES string of the molecule is CCOc1ccc(-c2cccc(S(=O)(=O)N[C@H](Cc3cccc(C(=N)N)c3)C(=O)N3CCC(CCCC(=O)NC)CC3)c2)cc1. The molecule has 1 atom stereocenters. The highest BCUT2D eigenvalue weighted by atomic mass is 32.2. The molecule has 0 spiro atoms. The Morgan fingerprint density at radius 1 is 1.02 bits per heavy atom. The molecule has 1 saturated heterocycles. The van der Waals surface area contributed by atoms with Gasteiger partial charge in [-0.15, -0.1) is 0 Å². The summed E-state index contributed by atoms with van der Waals surface area (Å²) in [6, 6.07) is 20.0. The number of benzene rings is 3. The van der Waals surface area contributed by atoms with Gasteiger partial charge in [-0.05, 0) is 92.0 Å². The van der Waals surface area contributed by atoms with Crippen molar-refractivity contribution in [2.45, 2.75) is 56.4 Å². The van der Waals surface area contributed by atoms with E-state index in [0.717, 1.165) is 42.6 Å². The van der Waals surface area contributed by atoms with E-state index in [4.69, 9.17) is 15.9 Å². The number of amidine groups is 1. The highest BCUT2D eigenvalue weighted by Crippen LogP contribution is 2.26. The van der Waals surface area contributed by atoms with Crippen molar-refractivity contribution in [2.75, 3.05) is 26.7 Å². The number of ether oxygens (including phenoxy) is 1. The number of hydrogen-bond donors (Lipinski definition) is 4. The van der Waals surface area contributed by atoms with Gasteiger partial charge in [0.1, 0.15) is 17.6 Å². The maximum Gasteiger partial charge on any atom is 0.241 e. The third-order valence-corrected chi connectivity index (χ3v) is 9.61. The van der Waals surface area contributed by atoms with Crippen LogP contribution in [0.1, 0.15) is 50.2 Å². The number of likely N-dealkylation sites (tertiary alicyclic amines) is 1. The van der Waals surface area contributed by atoms with E-state index in [1.807, 2.05) is 37.3 Å². The predicted molar refractivity (Wildman–Crippen MR) is 176 cm³/mol. The number of nitrogen functional groups attached to an aromatic ring is 1. The molecule has 0 aliphatic carbocycles. The molecule has 2 amide bonds.